The third kappa shape index (κ3) is 4.73. The van der Waals surface area contributed by atoms with Crippen molar-refractivity contribution in [2.75, 3.05) is 5.75 Å². The summed E-state index contributed by atoms with van der Waals surface area (Å²) in [4.78, 5) is 0. The fourth-order valence-corrected chi connectivity index (χ4v) is 3.26. The molecule has 0 saturated carbocycles. The van der Waals surface area contributed by atoms with Gasteiger partial charge in [-0.1, -0.05) is 30.3 Å². The molecule has 0 N–H and O–H groups in total. The highest BCUT2D eigenvalue weighted by atomic mass is 35.5. The van der Waals surface area contributed by atoms with Gasteiger partial charge < -0.3 is 9.15 Å². The Labute approximate surface area is 167 Å². The second kappa shape index (κ2) is 8.63. The van der Waals surface area contributed by atoms with Gasteiger partial charge in [-0.05, 0) is 61.9 Å². The van der Waals surface area contributed by atoms with E-state index in [4.69, 9.17) is 20.8 Å². The molecule has 1 aromatic carbocycles. The fourth-order valence-electron chi connectivity index (χ4n) is 2.49. The number of aromatic nitrogens is 3. The normalized spacial score (nSPS) is 11.4. The van der Waals surface area contributed by atoms with Gasteiger partial charge in [0.1, 0.15) is 23.9 Å². The molecule has 0 saturated heterocycles. The molecule has 0 aliphatic heterocycles. The molecular formula is C19H21ClN4O2S. The SMILES string of the molecule is CCSc1nnc(C)n1N=Cc1ccc(COc2cc(C)c(Cl)c(C)c2)o1. The number of halogens is 1. The molecule has 0 aliphatic carbocycles. The number of rotatable bonds is 7. The van der Waals surface area contributed by atoms with E-state index in [1.807, 2.05) is 45.0 Å². The maximum atomic E-state index is 6.19. The quantitative estimate of drug-likeness (QED) is 0.408. The first kappa shape index (κ1) is 19.5. The minimum absolute atomic E-state index is 0.330. The van der Waals surface area contributed by atoms with Crippen LogP contribution in [0.2, 0.25) is 5.02 Å². The van der Waals surface area contributed by atoms with Crippen LogP contribution >= 0.6 is 23.4 Å². The molecule has 0 spiro atoms. The second-order valence-electron chi connectivity index (χ2n) is 5.98. The number of benzene rings is 1. The second-order valence-corrected chi connectivity index (χ2v) is 7.59. The molecule has 0 radical (unpaired) electrons. The van der Waals surface area contributed by atoms with Crippen LogP contribution < -0.4 is 4.74 Å². The zero-order chi connectivity index (χ0) is 19.4. The number of aryl methyl sites for hydroxylation is 3. The molecule has 0 aliphatic rings. The van der Waals surface area contributed by atoms with Gasteiger partial charge in [0.2, 0.25) is 5.16 Å². The van der Waals surface area contributed by atoms with Crippen LogP contribution in [0.5, 0.6) is 5.75 Å². The Kier molecular flexibility index (Phi) is 6.23. The summed E-state index contributed by atoms with van der Waals surface area (Å²) in [5.74, 6) is 3.75. The van der Waals surface area contributed by atoms with Crippen LogP contribution in [0.15, 0.2) is 38.9 Å². The molecule has 0 amide bonds. The van der Waals surface area contributed by atoms with Crippen LogP contribution in [0.25, 0.3) is 0 Å². The maximum absolute atomic E-state index is 6.19. The number of nitrogens with zero attached hydrogens (tertiary/aromatic N) is 4. The molecular weight excluding hydrogens is 384 g/mol. The summed E-state index contributed by atoms with van der Waals surface area (Å²) in [6.45, 7) is 8.17. The Bertz CT molecular complexity index is 942. The highest BCUT2D eigenvalue weighted by Crippen LogP contribution is 2.26. The predicted molar refractivity (Wildman–Crippen MR) is 108 cm³/mol. The lowest BCUT2D eigenvalue weighted by molar-refractivity contribution is 0.269. The average Bonchev–Trinajstić information content (AvgIpc) is 3.23. The summed E-state index contributed by atoms with van der Waals surface area (Å²) < 4.78 is 13.3. The van der Waals surface area contributed by atoms with Gasteiger partial charge in [-0.25, -0.2) is 0 Å². The zero-order valence-corrected chi connectivity index (χ0v) is 17.3. The van der Waals surface area contributed by atoms with E-state index in [0.29, 0.717) is 18.1 Å². The summed E-state index contributed by atoms with van der Waals surface area (Å²) in [6.07, 6.45) is 1.65. The lowest BCUT2D eigenvalue weighted by atomic mass is 10.1. The van der Waals surface area contributed by atoms with E-state index < -0.39 is 0 Å². The van der Waals surface area contributed by atoms with E-state index in [0.717, 1.165) is 38.6 Å². The average molecular weight is 405 g/mol. The monoisotopic (exact) mass is 404 g/mol. The molecule has 142 valence electrons. The standard InChI is InChI=1S/C19H21ClN4O2S/c1-5-27-19-23-22-14(4)24(19)21-10-15-6-7-16(26-15)11-25-17-8-12(2)18(20)13(3)9-17/h6-10H,5,11H2,1-4H3. The van der Waals surface area contributed by atoms with Crippen molar-refractivity contribution in [3.63, 3.8) is 0 Å². The van der Waals surface area contributed by atoms with Crippen LogP contribution in [0.1, 0.15) is 35.4 Å². The molecule has 0 fully saturated rings. The number of hydrogen-bond acceptors (Lipinski definition) is 6. The van der Waals surface area contributed by atoms with Crippen molar-refractivity contribution >= 4 is 29.6 Å². The van der Waals surface area contributed by atoms with Crippen molar-refractivity contribution in [2.45, 2.75) is 39.5 Å². The maximum Gasteiger partial charge on any atom is 0.212 e. The van der Waals surface area contributed by atoms with Crippen LogP contribution in [0.3, 0.4) is 0 Å². The molecule has 3 aromatic rings. The topological polar surface area (TPSA) is 65.4 Å². The van der Waals surface area contributed by atoms with Gasteiger partial charge in [-0.2, -0.15) is 9.78 Å². The Morgan fingerprint density at radius 2 is 1.96 bits per heavy atom. The van der Waals surface area contributed by atoms with Crippen molar-refractivity contribution < 1.29 is 9.15 Å². The van der Waals surface area contributed by atoms with E-state index in [-0.39, 0.29) is 0 Å². The lowest BCUT2D eigenvalue weighted by Crippen LogP contribution is -1.96. The minimum Gasteiger partial charge on any atom is -0.486 e. The van der Waals surface area contributed by atoms with Crippen molar-refractivity contribution in [1.29, 1.82) is 0 Å². The number of thioether (sulfide) groups is 1. The number of ether oxygens (including phenoxy) is 1. The molecule has 2 aromatic heterocycles. The van der Waals surface area contributed by atoms with Crippen molar-refractivity contribution in [1.82, 2.24) is 14.9 Å². The largest absolute Gasteiger partial charge is 0.486 e. The lowest BCUT2D eigenvalue weighted by Gasteiger charge is -2.08. The highest BCUT2D eigenvalue weighted by Gasteiger charge is 2.08. The summed E-state index contributed by atoms with van der Waals surface area (Å²) in [5, 5.41) is 14.1. The number of furan rings is 1. The third-order valence-corrected chi connectivity index (χ3v) is 5.21. The van der Waals surface area contributed by atoms with Gasteiger partial charge in [0, 0.05) is 5.02 Å². The highest BCUT2D eigenvalue weighted by molar-refractivity contribution is 7.99. The molecule has 27 heavy (non-hydrogen) atoms. The zero-order valence-electron chi connectivity index (χ0n) is 15.7. The molecule has 2 heterocycles. The summed E-state index contributed by atoms with van der Waals surface area (Å²) in [6, 6.07) is 7.56. The van der Waals surface area contributed by atoms with Crippen LogP contribution in [-0.4, -0.2) is 26.8 Å². The Morgan fingerprint density at radius 3 is 2.67 bits per heavy atom. The van der Waals surface area contributed by atoms with Gasteiger partial charge in [-0.15, -0.1) is 10.2 Å². The van der Waals surface area contributed by atoms with Crippen LogP contribution in [0.4, 0.5) is 0 Å². The predicted octanol–water partition coefficient (Wildman–Crippen LogP) is 5.02. The molecule has 0 bridgehead atoms. The molecule has 6 nitrogen and oxygen atoms in total. The van der Waals surface area contributed by atoms with Crippen LogP contribution in [-0.2, 0) is 6.61 Å². The molecule has 0 unspecified atom stereocenters. The summed E-state index contributed by atoms with van der Waals surface area (Å²) >= 11 is 7.78. The fraction of sp³-hybridized carbons (Fsp3) is 0.316. The van der Waals surface area contributed by atoms with Crippen molar-refractivity contribution in [3.05, 3.63) is 57.8 Å². The minimum atomic E-state index is 0.330. The van der Waals surface area contributed by atoms with Gasteiger partial charge in [0.25, 0.3) is 0 Å². The third-order valence-electron chi connectivity index (χ3n) is 3.82. The first-order valence-electron chi connectivity index (χ1n) is 8.55. The van der Waals surface area contributed by atoms with Gasteiger partial charge >= 0.3 is 0 Å². The Balaban J connectivity index is 1.66. The van der Waals surface area contributed by atoms with E-state index in [1.54, 1.807) is 22.7 Å². The molecule has 0 atom stereocenters. The van der Waals surface area contributed by atoms with Gasteiger partial charge in [0.15, 0.2) is 5.82 Å². The van der Waals surface area contributed by atoms with Crippen molar-refractivity contribution in [2.24, 2.45) is 5.10 Å². The first-order valence-corrected chi connectivity index (χ1v) is 9.91. The van der Waals surface area contributed by atoms with E-state index in [9.17, 15) is 0 Å². The van der Waals surface area contributed by atoms with Crippen LogP contribution in [0, 0.1) is 20.8 Å². The number of hydrogen-bond donors (Lipinski definition) is 0. The summed E-state index contributed by atoms with van der Waals surface area (Å²) in [5.41, 5.74) is 1.98. The Hall–Kier alpha value is -2.25. The van der Waals surface area contributed by atoms with Gasteiger partial charge in [0.05, 0.1) is 6.21 Å². The van der Waals surface area contributed by atoms with Gasteiger partial charge in [-0.3, -0.25) is 0 Å². The Morgan fingerprint density at radius 1 is 1.22 bits per heavy atom. The van der Waals surface area contributed by atoms with E-state index in [2.05, 4.69) is 22.2 Å². The van der Waals surface area contributed by atoms with E-state index >= 15 is 0 Å². The van der Waals surface area contributed by atoms with E-state index in [1.165, 1.54) is 0 Å². The smallest absolute Gasteiger partial charge is 0.212 e. The molecule has 3 rings (SSSR count). The molecule has 8 heteroatoms. The first-order chi connectivity index (χ1) is 13.0. The van der Waals surface area contributed by atoms with Crippen molar-refractivity contribution in [3.8, 4) is 5.75 Å². The summed E-state index contributed by atoms with van der Waals surface area (Å²) in [7, 11) is 0.